The van der Waals surface area contributed by atoms with Crippen LogP contribution in [0.3, 0.4) is 0 Å². The summed E-state index contributed by atoms with van der Waals surface area (Å²) in [5.74, 6) is 9.85. The Morgan fingerprint density at radius 1 is 0.434 bits per heavy atom. The number of rotatable bonds is 15. The fraction of sp³-hybridized carbons (Fsp3) is 0.926. The molecule has 0 aromatic heterocycles. The zero-order valence-electron chi connectivity index (χ0n) is 50.6. The minimum Gasteiger partial charge on any atom is -0.481 e. The van der Waals surface area contributed by atoms with Gasteiger partial charge < -0.3 is 19.3 Å². The van der Waals surface area contributed by atoms with Gasteiger partial charge in [0.05, 0.1) is 58.3 Å². The Hall–Kier alpha value is -2.25. The maximum absolute atomic E-state index is 13.1. The second-order valence-electron chi connectivity index (χ2n) is 31.1. The second-order valence-corrected chi connectivity index (χ2v) is 31.1. The summed E-state index contributed by atoms with van der Waals surface area (Å²) >= 11 is 0. The molecule has 0 aliphatic heterocycles. The minimum absolute atomic E-state index is 0.0192. The molecule has 8 heteroatoms. The molecule has 9 rings (SSSR count). The van der Waals surface area contributed by atoms with Gasteiger partial charge in [0, 0.05) is 22.2 Å². The fourth-order valence-corrected chi connectivity index (χ4v) is 21.6. The number of hydrogen-bond donors (Lipinski definition) is 1. The standard InChI is InChI=1S/C44H73O4.C24H40O4/c1-29(2)31-11-15-35-33(25-31)13-17-37-41(5,21-9-23-43(35,37)7)27-47-39(45)19-20-40(46)48-28-42(6)22-10-24-44(8)36-16-12-32(30(3)4)26-34(36)14-18-38(42)44;1-16(2)17-6-8-19-18(14-17)7-9-20-23(3,12-5-13-24(19,20)4)15-28-22(27)11-10-21(25)26/h29-38H,1,9-28H2,2-8H3;16-20H,5-15H2,1-4H3,(H,25,26)/q+1;. The Morgan fingerprint density at radius 3 is 1.04 bits per heavy atom. The van der Waals surface area contributed by atoms with Gasteiger partial charge in [-0.25, -0.2) is 0 Å². The van der Waals surface area contributed by atoms with Crippen LogP contribution in [0.15, 0.2) is 0 Å². The number of carboxylic acid groups (broad SMARTS) is 1. The van der Waals surface area contributed by atoms with Gasteiger partial charge in [-0.3, -0.25) is 19.2 Å². The van der Waals surface area contributed by atoms with E-state index < -0.39 is 5.97 Å². The number of ether oxygens (including phenoxy) is 3. The molecular weight excluding hydrogens is 945 g/mol. The normalized spacial score (nSPS) is 44.2. The van der Waals surface area contributed by atoms with E-state index in [2.05, 4.69) is 83.1 Å². The highest BCUT2D eigenvalue weighted by molar-refractivity contribution is 5.78. The van der Waals surface area contributed by atoms with Crippen LogP contribution in [0.2, 0.25) is 0 Å². The lowest BCUT2D eigenvalue weighted by Crippen LogP contribution is -2.55. The molecule has 8 nitrogen and oxygen atoms in total. The lowest BCUT2D eigenvalue weighted by Gasteiger charge is -2.61. The molecule has 9 fully saturated rings. The summed E-state index contributed by atoms with van der Waals surface area (Å²) in [7, 11) is 0. The summed E-state index contributed by atoms with van der Waals surface area (Å²) in [4.78, 5) is 48.8. The quantitative estimate of drug-likeness (QED) is 0.0979. The number of esters is 3. The SMILES string of the molecule is CC(C)C1CCC2C(CCC3C(C)(COC(=O)CCC(=O)O)CCCC23C)C1.[CH2+]C(C)C1CCC2C(CCC3C(C)(COC(=O)CCC(=O)OCC4(C)CCCC5(C)C6CCC(C(C)C)CC6CCC45)CCCC23C)C1. The van der Waals surface area contributed by atoms with Crippen molar-refractivity contribution >= 4 is 23.9 Å². The Morgan fingerprint density at radius 2 is 0.737 bits per heavy atom. The van der Waals surface area contributed by atoms with Gasteiger partial charge >= 0.3 is 23.9 Å². The van der Waals surface area contributed by atoms with Crippen LogP contribution in [-0.4, -0.2) is 48.8 Å². The van der Waals surface area contributed by atoms with Crippen molar-refractivity contribution in [3.8, 4) is 0 Å². The molecule has 432 valence electrons. The molecule has 9 saturated carbocycles. The zero-order chi connectivity index (χ0) is 55.0. The molecule has 0 amide bonds. The Balaban J connectivity index is 0.000000232. The van der Waals surface area contributed by atoms with Gasteiger partial charge in [-0.2, -0.15) is 0 Å². The van der Waals surface area contributed by atoms with E-state index in [1.807, 2.05) is 0 Å². The summed E-state index contributed by atoms with van der Waals surface area (Å²) in [6.07, 6.45) is 31.3. The molecule has 0 saturated heterocycles. The van der Waals surface area contributed by atoms with E-state index >= 15 is 0 Å². The molecule has 0 spiro atoms. The van der Waals surface area contributed by atoms with Crippen molar-refractivity contribution in [2.24, 2.45) is 121 Å². The number of carbonyl (C=O) groups is 4. The fourth-order valence-electron chi connectivity index (χ4n) is 21.6. The smallest absolute Gasteiger partial charge is 0.306 e. The van der Waals surface area contributed by atoms with Crippen LogP contribution in [0.5, 0.6) is 0 Å². The molecule has 9 aliphatic rings. The van der Waals surface area contributed by atoms with Crippen molar-refractivity contribution in [2.75, 3.05) is 19.8 Å². The lowest BCUT2D eigenvalue weighted by atomic mass is 9.44. The molecular formula is C68H113O8+. The van der Waals surface area contributed by atoms with Gasteiger partial charge in [0.25, 0.3) is 0 Å². The first kappa shape index (κ1) is 59.9. The van der Waals surface area contributed by atoms with Crippen molar-refractivity contribution in [2.45, 2.75) is 256 Å². The third-order valence-electron chi connectivity index (χ3n) is 25.8. The molecule has 0 heterocycles. The molecule has 0 aromatic carbocycles. The van der Waals surface area contributed by atoms with Crippen LogP contribution in [0, 0.1) is 128 Å². The minimum atomic E-state index is -0.941. The van der Waals surface area contributed by atoms with Crippen LogP contribution in [0.25, 0.3) is 0 Å². The average Bonchev–Trinajstić information content (AvgIpc) is 3.37. The highest BCUT2D eigenvalue weighted by Gasteiger charge is 2.60. The van der Waals surface area contributed by atoms with Crippen molar-refractivity contribution in [1.82, 2.24) is 0 Å². The summed E-state index contributed by atoms with van der Waals surface area (Å²) in [5.41, 5.74) is 1.18. The van der Waals surface area contributed by atoms with E-state index in [0.29, 0.717) is 59.7 Å². The molecule has 76 heavy (non-hydrogen) atoms. The molecule has 9 aliphatic carbocycles. The molecule has 19 atom stereocenters. The number of carbonyl (C=O) groups excluding carboxylic acids is 3. The Kier molecular flexibility index (Phi) is 19.0. The lowest BCUT2D eigenvalue weighted by molar-refractivity contribution is -0.168. The average molecular weight is 1060 g/mol. The molecule has 0 aromatic rings. The predicted octanol–water partition coefficient (Wildman–Crippen LogP) is 16.9. The molecule has 1 N–H and O–H groups in total. The van der Waals surface area contributed by atoms with E-state index in [9.17, 15) is 19.2 Å². The molecule has 0 bridgehead atoms. The van der Waals surface area contributed by atoms with Crippen LogP contribution >= 0.6 is 0 Å². The van der Waals surface area contributed by atoms with Crippen LogP contribution < -0.4 is 0 Å². The monoisotopic (exact) mass is 1060 g/mol. The summed E-state index contributed by atoms with van der Waals surface area (Å²) in [6, 6.07) is 0. The second kappa shape index (κ2) is 24.1. The topological polar surface area (TPSA) is 116 Å². The number of aliphatic carboxylic acids is 1. The van der Waals surface area contributed by atoms with Gasteiger partial charge in [-0.15, -0.1) is 0 Å². The highest BCUT2D eigenvalue weighted by atomic mass is 16.5. The van der Waals surface area contributed by atoms with Crippen molar-refractivity contribution in [1.29, 1.82) is 0 Å². The summed E-state index contributed by atoms with van der Waals surface area (Å²) in [6.45, 7) is 32.6. The molecule has 19 unspecified atom stereocenters. The predicted molar refractivity (Wildman–Crippen MR) is 305 cm³/mol. The largest absolute Gasteiger partial charge is 0.481 e. The number of hydrogen-bond acceptors (Lipinski definition) is 7. The highest BCUT2D eigenvalue weighted by Crippen LogP contribution is 2.68. The zero-order valence-corrected chi connectivity index (χ0v) is 50.6. The maximum Gasteiger partial charge on any atom is 0.306 e. The first-order valence-electron chi connectivity index (χ1n) is 32.4. The third-order valence-corrected chi connectivity index (χ3v) is 25.8. The summed E-state index contributed by atoms with van der Waals surface area (Å²) in [5, 5.41) is 8.77. The van der Waals surface area contributed by atoms with E-state index in [0.717, 1.165) is 84.4 Å². The van der Waals surface area contributed by atoms with Crippen LogP contribution in [-0.2, 0) is 33.4 Å². The van der Waals surface area contributed by atoms with Crippen molar-refractivity contribution in [3.05, 3.63) is 6.92 Å². The molecule has 0 radical (unpaired) electrons. The van der Waals surface area contributed by atoms with Gasteiger partial charge in [0.1, 0.15) is 0 Å². The van der Waals surface area contributed by atoms with Crippen LogP contribution in [0.4, 0.5) is 0 Å². The van der Waals surface area contributed by atoms with Gasteiger partial charge in [0.2, 0.25) is 0 Å². The van der Waals surface area contributed by atoms with E-state index in [4.69, 9.17) is 19.3 Å². The Bertz CT molecular complexity index is 1910. The van der Waals surface area contributed by atoms with E-state index in [-0.39, 0.29) is 59.8 Å². The maximum atomic E-state index is 13.1. The van der Waals surface area contributed by atoms with E-state index in [1.165, 1.54) is 135 Å². The van der Waals surface area contributed by atoms with Gasteiger partial charge in [-0.1, -0.05) is 88.5 Å². The van der Waals surface area contributed by atoms with Gasteiger partial charge in [0.15, 0.2) is 0 Å². The first-order valence-corrected chi connectivity index (χ1v) is 32.4. The number of carboxylic acids is 1. The summed E-state index contributed by atoms with van der Waals surface area (Å²) < 4.78 is 17.7. The van der Waals surface area contributed by atoms with E-state index in [1.54, 1.807) is 0 Å². The van der Waals surface area contributed by atoms with Crippen molar-refractivity contribution < 1.29 is 38.5 Å². The third kappa shape index (κ3) is 12.5. The van der Waals surface area contributed by atoms with Crippen molar-refractivity contribution in [3.63, 3.8) is 0 Å². The van der Waals surface area contributed by atoms with Crippen LogP contribution in [0.1, 0.15) is 256 Å². The van der Waals surface area contributed by atoms with Gasteiger partial charge in [-0.05, 0) is 235 Å². The number of fused-ring (bicyclic) bond motifs is 9. The Labute approximate surface area is 464 Å². The first-order chi connectivity index (χ1) is 35.8.